The Kier molecular flexibility index (Phi) is 6.04. The van der Waals surface area contributed by atoms with Gasteiger partial charge in [0.25, 0.3) is 0 Å². The first-order chi connectivity index (χ1) is 13.7. The fraction of sp³-hybridized carbons (Fsp3) is 0.929. The van der Waals surface area contributed by atoms with Gasteiger partial charge in [0.15, 0.2) is 0 Å². The lowest BCUT2D eigenvalue weighted by Gasteiger charge is -2.58. The van der Waals surface area contributed by atoms with Crippen LogP contribution >= 0.6 is 0 Å². The molecule has 0 spiro atoms. The maximum Gasteiger partial charge on any atom is 0.0602 e. The van der Waals surface area contributed by atoms with E-state index in [9.17, 15) is 5.11 Å². The van der Waals surface area contributed by atoms with Crippen LogP contribution in [0.4, 0.5) is 0 Å². The van der Waals surface area contributed by atoms with E-state index in [1.807, 2.05) is 0 Å². The van der Waals surface area contributed by atoms with Crippen molar-refractivity contribution in [3.63, 3.8) is 0 Å². The van der Waals surface area contributed by atoms with Gasteiger partial charge in [0.1, 0.15) is 0 Å². The minimum Gasteiger partial charge on any atom is -0.393 e. The molecule has 4 aliphatic carbocycles. The number of allylic oxidation sites excluding steroid dienone is 2. The Hall–Kier alpha value is -0.300. The van der Waals surface area contributed by atoms with Crippen LogP contribution in [0.2, 0.25) is 0 Å². The maximum absolute atomic E-state index is 11.1. The first-order valence-electron chi connectivity index (χ1n) is 13.1. The summed E-state index contributed by atoms with van der Waals surface area (Å²) in [4.78, 5) is 0. The van der Waals surface area contributed by atoms with Crippen LogP contribution in [0.1, 0.15) is 106 Å². The zero-order chi connectivity index (χ0) is 21.0. The van der Waals surface area contributed by atoms with Crippen LogP contribution in [0.5, 0.6) is 0 Å². The quantitative estimate of drug-likeness (QED) is 0.470. The molecule has 0 aromatic heterocycles. The summed E-state index contributed by atoms with van der Waals surface area (Å²) >= 11 is 0. The Labute approximate surface area is 181 Å². The van der Waals surface area contributed by atoms with Gasteiger partial charge >= 0.3 is 0 Å². The van der Waals surface area contributed by atoms with Crippen molar-refractivity contribution >= 4 is 0 Å². The molecule has 0 bridgehead atoms. The Morgan fingerprint density at radius 2 is 1.72 bits per heavy atom. The monoisotopic (exact) mass is 400 g/mol. The molecule has 0 heterocycles. The van der Waals surface area contributed by atoms with Gasteiger partial charge < -0.3 is 5.11 Å². The Morgan fingerprint density at radius 1 is 0.966 bits per heavy atom. The molecule has 0 saturated heterocycles. The molecule has 0 aromatic carbocycles. The first kappa shape index (κ1) is 21.9. The molecule has 4 rings (SSSR count). The predicted octanol–water partition coefficient (Wildman–Crippen LogP) is 7.63. The number of hydrogen-bond donors (Lipinski definition) is 1. The van der Waals surface area contributed by atoms with Crippen molar-refractivity contribution < 1.29 is 5.11 Å². The molecule has 0 amide bonds. The Balaban J connectivity index is 1.52. The summed E-state index contributed by atoms with van der Waals surface area (Å²) in [7, 11) is 0. The molecule has 1 nitrogen and oxygen atoms in total. The number of rotatable bonds is 5. The molecule has 29 heavy (non-hydrogen) atoms. The van der Waals surface area contributed by atoms with Crippen LogP contribution in [0.25, 0.3) is 0 Å². The molecule has 0 aromatic rings. The van der Waals surface area contributed by atoms with Crippen LogP contribution in [0.15, 0.2) is 11.6 Å². The van der Waals surface area contributed by atoms with Crippen LogP contribution in [0.3, 0.4) is 0 Å². The summed E-state index contributed by atoms with van der Waals surface area (Å²) < 4.78 is 0. The third-order valence-electron chi connectivity index (χ3n) is 11.1. The standard InChI is InChI=1S/C28H48O/c1-18(2)19(3)10-11-20(4)23-14-15-24-22-13-12-21-8-7-9-26(29)28(21,6)25(22)16-17-27(23,24)5/h13,18-21,23-26,29H,7-12,14-17H2,1-6H3/t19?,20-,21?,23-,24+,25+,26?,27-,28+/m1/s1. The molecule has 1 N–H and O–H groups in total. The van der Waals surface area contributed by atoms with Gasteiger partial charge in [0, 0.05) is 5.41 Å². The highest BCUT2D eigenvalue weighted by Crippen LogP contribution is 2.67. The second kappa shape index (κ2) is 7.99. The molecule has 3 unspecified atom stereocenters. The molecule has 4 aliphatic rings. The average molecular weight is 401 g/mol. The molecule has 0 radical (unpaired) electrons. The SMILES string of the molecule is CC(C)C(C)CC[C@@H](C)[C@H]1CC[C@H]2C3=CCC4CCCC(O)[C@]4(C)[C@H]3CC[C@]12C. The third-order valence-corrected chi connectivity index (χ3v) is 11.1. The Bertz CT molecular complexity index is 620. The van der Waals surface area contributed by atoms with Gasteiger partial charge in [-0.1, -0.05) is 72.5 Å². The van der Waals surface area contributed by atoms with Crippen LogP contribution in [0, 0.1) is 52.3 Å². The maximum atomic E-state index is 11.1. The average Bonchev–Trinajstić information content (AvgIpc) is 3.04. The lowest BCUT2D eigenvalue weighted by atomic mass is 9.47. The van der Waals surface area contributed by atoms with Crippen molar-refractivity contribution in [2.75, 3.05) is 0 Å². The summed E-state index contributed by atoms with van der Waals surface area (Å²) in [6.45, 7) is 14.9. The van der Waals surface area contributed by atoms with Gasteiger partial charge in [-0.3, -0.25) is 0 Å². The lowest BCUT2D eigenvalue weighted by molar-refractivity contribution is -0.0959. The topological polar surface area (TPSA) is 20.2 Å². The van der Waals surface area contributed by atoms with E-state index in [1.54, 1.807) is 5.57 Å². The molecule has 166 valence electrons. The van der Waals surface area contributed by atoms with Crippen molar-refractivity contribution in [2.24, 2.45) is 52.3 Å². The van der Waals surface area contributed by atoms with Gasteiger partial charge in [0.2, 0.25) is 0 Å². The predicted molar refractivity (Wildman–Crippen MR) is 124 cm³/mol. The summed E-state index contributed by atoms with van der Waals surface area (Å²) in [5, 5.41) is 11.1. The summed E-state index contributed by atoms with van der Waals surface area (Å²) in [5.74, 6) is 5.59. The highest BCUT2D eigenvalue weighted by atomic mass is 16.3. The zero-order valence-electron chi connectivity index (χ0n) is 20.2. The molecular weight excluding hydrogens is 352 g/mol. The van der Waals surface area contributed by atoms with Gasteiger partial charge in [-0.2, -0.15) is 0 Å². The van der Waals surface area contributed by atoms with E-state index >= 15 is 0 Å². The van der Waals surface area contributed by atoms with E-state index in [4.69, 9.17) is 0 Å². The van der Waals surface area contributed by atoms with E-state index < -0.39 is 0 Å². The van der Waals surface area contributed by atoms with Crippen molar-refractivity contribution in [2.45, 2.75) is 112 Å². The Morgan fingerprint density at radius 3 is 2.45 bits per heavy atom. The smallest absolute Gasteiger partial charge is 0.0602 e. The summed E-state index contributed by atoms with van der Waals surface area (Å²) in [5.41, 5.74) is 2.45. The second-order valence-corrected chi connectivity index (χ2v) is 12.6. The number of fused-ring (bicyclic) bond motifs is 5. The normalized spacial score (nSPS) is 46.5. The minimum absolute atomic E-state index is 0.0760. The van der Waals surface area contributed by atoms with Gasteiger partial charge in [-0.05, 0) is 91.8 Å². The molecule has 3 fully saturated rings. The van der Waals surface area contributed by atoms with E-state index in [0.29, 0.717) is 11.3 Å². The third kappa shape index (κ3) is 3.46. The minimum atomic E-state index is -0.0760. The van der Waals surface area contributed by atoms with Crippen LogP contribution < -0.4 is 0 Å². The second-order valence-electron chi connectivity index (χ2n) is 12.6. The molecule has 9 atom stereocenters. The van der Waals surface area contributed by atoms with E-state index in [0.717, 1.165) is 41.9 Å². The summed E-state index contributed by atoms with van der Waals surface area (Å²) in [6.07, 6.45) is 15.8. The van der Waals surface area contributed by atoms with Crippen molar-refractivity contribution in [3.05, 3.63) is 11.6 Å². The van der Waals surface area contributed by atoms with Crippen molar-refractivity contribution in [1.82, 2.24) is 0 Å². The highest BCUT2D eigenvalue weighted by Gasteiger charge is 2.59. The molecule has 3 saturated carbocycles. The number of aliphatic hydroxyl groups is 1. The van der Waals surface area contributed by atoms with Crippen molar-refractivity contribution in [1.29, 1.82) is 0 Å². The van der Waals surface area contributed by atoms with Gasteiger partial charge in [0.05, 0.1) is 6.10 Å². The van der Waals surface area contributed by atoms with E-state index in [1.165, 1.54) is 57.8 Å². The highest BCUT2D eigenvalue weighted by molar-refractivity contribution is 5.28. The van der Waals surface area contributed by atoms with Crippen LogP contribution in [-0.2, 0) is 0 Å². The fourth-order valence-electron chi connectivity index (χ4n) is 8.60. The van der Waals surface area contributed by atoms with Crippen molar-refractivity contribution in [3.8, 4) is 0 Å². The lowest BCUT2D eigenvalue weighted by Crippen LogP contribution is -2.54. The fourth-order valence-corrected chi connectivity index (χ4v) is 8.60. The van der Waals surface area contributed by atoms with E-state index in [-0.39, 0.29) is 11.5 Å². The van der Waals surface area contributed by atoms with Gasteiger partial charge in [-0.25, -0.2) is 0 Å². The largest absolute Gasteiger partial charge is 0.393 e. The molecular formula is C28H48O. The molecule has 0 aliphatic heterocycles. The van der Waals surface area contributed by atoms with Gasteiger partial charge in [-0.15, -0.1) is 0 Å². The number of hydrogen-bond acceptors (Lipinski definition) is 1. The summed E-state index contributed by atoms with van der Waals surface area (Å²) in [6, 6.07) is 0. The van der Waals surface area contributed by atoms with Crippen LogP contribution in [-0.4, -0.2) is 11.2 Å². The molecule has 1 heteroatoms. The first-order valence-corrected chi connectivity index (χ1v) is 13.1. The zero-order valence-corrected chi connectivity index (χ0v) is 20.2. The number of aliphatic hydroxyl groups excluding tert-OH is 1. The van der Waals surface area contributed by atoms with E-state index in [2.05, 4.69) is 47.6 Å².